The van der Waals surface area contributed by atoms with Crippen LogP contribution in [-0.4, -0.2) is 13.7 Å². The van der Waals surface area contributed by atoms with Crippen LogP contribution in [0.3, 0.4) is 0 Å². The minimum atomic E-state index is -0.304. The highest BCUT2D eigenvalue weighted by atomic mass is 79.9. The Morgan fingerprint density at radius 1 is 1.14 bits per heavy atom. The lowest BCUT2D eigenvalue weighted by Gasteiger charge is -2.13. The Bertz CT molecular complexity index is 619. The lowest BCUT2D eigenvalue weighted by Crippen LogP contribution is -2.04. The van der Waals surface area contributed by atoms with Crippen molar-refractivity contribution in [1.82, 2.24) is 0 Å². The van der Waals surface area contributed by atoms with Gasteiger partial charge in [-0.15, -0.1) is 0 Å². The molecular weight excluding hydrogens is 337 g/mol. The summed E-state index contributed by atoms with van der Waals surface area (Å²) in [5.41, 5.74) is 7.10. The van der Waals surface area contributed by atoms with E-state index in [0.29, 0.717) is 28.1 Å². The largest absolute Gasteiger partial charge is 0.493 e. The van der Waals surface area contributed by atoms with Crippen LogP contribution >= 0.6 is 15.9 Å². The predicted molar refractivity (Wildman–Crippen MR) is 84.2 cm³/mol. The number of nitrogens with two attached hydrogens (primary N) is 1. The Balaban J connectivity index is 2.16. The molecule has 2 N–H and O–H groups in total. The van der Waals surface area contributed by atoms with Crippen LogP contribution in [-0.2, 0) is 13.0 Å². The summed E-state index contributed by atoms with van der Waals surface area (Å²) in [6.07, 6.45) is 0.757. The Labute approximate surface area is 132 Å². The third-order valence-electron chi connectivity index (χ3n) is 3.06. The van der Waals surface area contributed by atoms with E-state index in [1.807, 2.05) is 18.2 Å². The Kier molecular flexibility index (Phi) is 5.59. The molecule has 0 unspecified atom stereocenters. The molecule has 21 heavy (non-hydrogen) atoms. The molecule has 112 valence electrons. The first kappa shape index (κ1) is 15.8. The second kappa shape index (κ2) is 7.43. The quantitative estimate of drug-likeness (QED) is 0.861. The van der Waals surface area contributed by atoms with Gasteiger partial charge in [-0.05, 0) is 42.8 Å². The summed E-state index contributed by atoms with van der Waals surface area (Å²) in [6.45, 7) is 0.703. The van der Waals surface area contributed by atoms with Crippen LogP contribution in [0.2, 0.25) is 0 Å². The summed E-state index contributed by atoms with van der Waals surface area (Å²) in [6, 6.07) is 10.5. The molecule has 2 aromatic carbocycles. The van der Waals surface area contributed by atoms with Gasteiger partial charge in [0.05, 0.1) is 7.11 Å². The standard InChI is InChI=1S/C16H17BrFNO2/c1-20-15-5-2-11(6-7-19)8-16(15)21-10-12-3-4-13(17)9-14(12)18/h2-5,8-9H,6-7,10,19H2,1H3. The summed E-state index contributed by atoms with van der Waals surface area (Å²) in [5.74, 6) is 0.903. The van der Waals surface area contributed by atoms with E-state index in [4.69, 9.17) is 15.2 Å². The van der Waals surface area contributed by atoms with Crippen LogP contribution in [0.1, 0.15) is 11.1 Å². The number of benzene rings is 2. The Morgan fingerprint density at radius 2 is 1.95 bits per heavy atom. The molecule has 2 rings (SSSR count). The van der Waals surface area contributed by atoms with Crippen molar-refractivity contribution in [3.8, 4) is 11.5 Å². The van der Waals surface area contributed by atoms with Crippen molar-refractivity contribution in [2.24, 2.45) is 5.73 Å². The van der Waals surface area contributed by atoms with E-state index in [2.05, 4.69) is 15.9 Å². The molecule has 2 aromatic rings. The van der Waals surface area contributed by atoms with Crippen LogP contribution in [0.15, 0.2) is 40.9 Å². The smallest absolute Gasteiger partial charge is 0.161 e. The van der Waals surface area contributed by atoms with Crippen molar-refractivity contribution in [3.63, 3.8) is 0 Å². The van der Waals surface area contributed by atoms with Crippen LogP contribution < -0.4 is 15.2 Å². The maximum atomic E-state index is 13.8. The molecule has 3 nitrogen and oxygen atoms in total. The third kappa shape index (κ3) is 4.19. The molecule has 0 saturated carbocycles. The van der Waals surface area contributed by atoms with E-state index in [-0.39, 0.29) is 12.4 Å². The summed E-state index contributed by atoms with van der Waals surface area (Å²) >= 11 is 3.23. The third-order valence-corrected chi connectivity index (χ3v) is 3.55. The monoisotopic (exact) mass is 353 g/mol. The molecule has 0 fully saturated rings. The normalized spacial score (nSPS) is 10.5. The first-order chi connectivity index (χ1) is 10.1. The van der Waals surface area contributed by atoms with Gasteiger partial charge in [-0.25, -0.2) is 4.39 Å². The van der Waals surface area contributed by atoms with E-state index in [9.17, 15) is 4.39 Å². The molecule has 0 saturated heterocycles. The van der Waals surface area contributed by atoms with Gasteiger partial charge in [-0.1, -0.05) is 28.1 Å². The molecule has 5 heteroatoms. The van der Waals surface area contributed by atoms with E-state index in [1.54, 1.807) is 19.2 Å². The fourth-order valence-electron chi connectivity index (χ4n) is 1.95. The lowest BCUT2D eigenvalue weighted by molar-refractivity contribution is 0.279. The number of ether oxygens (including phenoxy) is 2. The summed E-state index contributed by atoms with van der Waals surface area (Å²) in [4.78, 5) is 0. The average molecular weight is 354 g/mol. The molecule has 0 aliphatic rings. The second-order valence-electron chi connectivity index (χ2n) is 4.55. The predicted octanol–water partition coefficient (Wildman–Crippen LogP) is 3.68. The second-order valence-corrected chi connectivity index (χ2v) is 5.46. The van der Waals surface area contributed by atoms with Gasteiger partial charge in [-0.2, -0.15) is 0 Å². The van der Waals surface area contributed by atoms with Crippen molar-refractivity contribution in [2.75, 3.05) is 13.7 Å². The van der Waals surface area contributed by atoms with Gasteiger partial charge < -0.3 is 15.2 Å². The van der Waals surface area contributed by atoms with Crippen LogP contribution in [0.25, 0.3) is 0 Å². The molecule has 0 amide bonds. The van der Waals surface area contributed by atoms with Crippen LogP contribution in [0.4, 0.5) is 4.39 Å². The van der Waals surface area contributed by atoms with Gasteiger partial charge in [0, 0.05) is 10.0 Å². The van der Waals surface area contributed by atoms with E-state index >= 15 is 0 Å². The van der Waals surface area contributed by atoms with Gasteiger partial charge in [-0.3, -0.25) is 0 Å². The number of hydrogen-bond donors (Lipinski definition) is 1. The highest BCUT2D eigenvalue weighted by Gasteiger charge is 2.08. The van der Waals surface area contributed by atoms with Crippen LogP contribution in [0.5, 0.6) is 11.5 Å². The zero-order valence-corrected chi connectivity index (χ0v) is 13.3. The van der Waals surface area contributed by atoms with Crippen molar-refractivity contribution in [1.29, 1.82) is 0 Å². The first-order valence-electron chi connectivity index (χ1n) is 6.57. The maximum Gasteiger partial charge on any atom is 0.161 e. The van der Waals surface area contributed by atoms with Gasteiger partial charge in [0.25, 0.3) is 0 Å². The molecule has 0 aromatic heterocycles. The number of hydrogen-bond acceptors (Lipinski definition) is 3. The molecule has 0 heterocycles. The molecule has 0 atom stereocenters. The van der Waals surface area contributed by atoms with E-state index in [1.165, 1.54) is 6.07 Å². The van der Waals surface area contributed by atoms with Crippen molar-refractivity contribution in [2.45, 2.75) is 13.0 Å². The average Bonchev–Trinajstić information content (AvgIpc) is 2.47. The molecule has 0 bridgehead atoms. The van der Waals surface area contributed by atoms with Gasteiger partial charge >= 0.3 is 0 Å². The SMILES string of the molecule is COc1ccc(CCN)cc1OCc1ccc(Br)cc1F. The summed E-state index contributed by atoms with van der Waals surface area (Å²) in [7, 11) is 1.57. The van der Waals surface area contributed by atoms with E-state index in [0.717, 1.165) is 12.0 Å². The van der Waals surface area contributed by atoms with Gasteiger partial charge in [0.15, 0.2) is 11.5 Å². The molecular formula is C16H17BrFNO2. The maximum absolute atomic E-state index is 13.8. The molecule has 0 aliphatic carbocycles. The highest BCUT2D eigenvalue weighted by Crippen LogP contribution is 2.29. The number of methoxy groups -OCH3 is 1. The Hall–Kier alpha value is -1.59. The lowest BCUT2D eigenvalue weighted by atomic mass is 10.1. The van der Waals surface area contributed by atoms with Crippen LogP contribution in [0, 0.1) is 5.82 Å². The molecule has 0 radical (unpaired) electrons. The first-order valence-corrected chi connectivity index (χ1v) is 7.37. The minimum Gasteiger partial charge on any atom is -0.493 e. The number of halogens is 2. The fraction of sp³-hybridized carbons (Fsp3) is 0.250. The minimum absolute atomic E-state index is 0.140. The summed E-state index contributed by atoms with van der Waals surface area (Å²) in [5, 5.41) is 0. The number of rotatable bonds is 6. The van der Waals surface area contributed by atoms with E-state index < -0.39 is 0 Å². The molecule has 0 spiro atoms. The zero-order valence-electron chi connectivity index (χ0n) is 11.7. The fourth-order valence-corrected chi connectivity index (χ4v) is 2.28. The van der Waals surface area contributed by atoms with Crippen molar-refractivity contribution >= 4 is 15.9 Å². The Morgan fingerprint density at radius 3 is 2.62 bits per heavy atom. The topological polar surface area (TPSA) is 44.5 Å². The van der Waals surface area contributed by atoms with Crippen molar-refractivity contribution < 1.29 is 13.9 Å². The molecule has 0 aliphatic heterocycles. The van der Waals surface area contributed by atoms with Crippen molar-refractivity contribution in [3.05, 3.63) is 57.8 Å². The summed E-state index contributed by atoms with van der Waals surface area (Å²) < 4.78 is 25.4. The highest BCUT2D eigenvalue weighted by molar-refractivity contribution is 9.10. The van der Waals surface area contributed by atoms with Gasteiger partial charge in [0.2, 0.25) is 0 Å². The van der Waals surface area contributed by atoms with Gasteiger partial charge in [0.1, 0.15) is 12.4 Å². The zero-order chi connectivity index (χ0) is 15.2.